The molecule has 0 saturated carbocycles. The highest BCUT2D eigenvalue weighted by molar-refractivity contribution is 7.99. The van der Waals surface area contributed by atoms with Crippen LogP contribution in [0.3, 0.4) is 0 Å². The molecule has 2 aromatic carbocycles. The van der Waals surface area contributed by atoms with Crippen molar-refractivity contribution in [2.75, 3.05) is 12.9 Å². The van der Waals surface area contributed by atoms with Crippen LogP contribution in [0.1, 0.15) is 5.56 Å². The van der Waals surface area contributed by atoms with Gasteiger partial charge in [-0.25, -0.2) is 10.4 Å². The lowest BCUT2D eigenvalue weighted by Gasteiger charge is -2.02. The number of ether oxygens (including phenoxy) is 1. The monoisotopic (exact) mass is 380 g/mol. The molecule has 1 aromatic heterocycles. The summed E-state index contributed by atoms with van der Waals surface area (Å²) in [6, 6.07) is 15.5. The number of carbonyl (C=O) groups is 1. The minimum atomic E-state index is -0.186. The molecule has 0 aliphatic rings. The summed E-state index contributed by atoms with van der Waals surface area (Å²) in [7, 11) is 3.57. The van der Waals surface area contributed by atoms with Crippen molar-refractivity contribution in [1.29, 1.82) is 0 Å². The van der Waals surface area contributed by atoms with Gasteiger partial charge in [0.15, 0.2) is 5.16 Å². The van der Waals surface area contributed by atoms with E-state index in [-0.39, 0.29) is 11.7 Å². The van der Waals surface area contributed by atoms with Crippen LogP contribution in [0, 0.1) is 0 Å². The van der Waals surface area contributed by atoms with Crippen molar-refractivity contribution in [3.05, 3.63) is 60.2 Å². The fourth-order valence-electron chi connectivity index (χ4n) is 2.52. The molecule has 0 aliphatic carbocycles. The first-order valence-electron chi connectivity index (χ1n) is 8.35. The molecule has 0 spiro atoms. The maximum absolute atomic E-state index is 11.9. The molecule has 7 heteroatoms. The number of benzene rings is 2. The molecule has 3 rings (SSSR count). The molecule has 0 saturated heterocycles. The number of methoxy groups -OCH3 is 1. The summed E-state index contributed by atoms with van der Waals surface area (Å²) >= 11 is 1.38. The number of thioether (sulfide) groups is 1. The van der Waals surface area contributed by atoms with E-state index >= 15 is 0 Å². The third kappa shape index (κ3) is 4.77. The molecule has 27 heavy (non-hydrogen) atoms. The third-order valence-corrected chi connectivity index (χ3v) is 4.87. The molecule has 0 radical (unpaired) electrons. The Balaban J connectivity index is 1.50. The highest BCUT2D eigenvalue weighted by atomic mass is 32.2. The molecule has 0 bridgehead atoms. The number of carbonyl (C=O) groups excluding carboxylic acids is 1. The van der Waals surface area contributed by atoms with Crippen LogP contribution < -0.4 is 10.2 Å². The van der Waals surface area contributed by atoms with E-state index in [1.54, 1.807) is 13.2 Å². The number of fused-ring (bicyclic) bond motifs is 1. The Kier molecular flexibility index (Phi) is 6.27. The molecule has 138 valence electrons. The molecule has 0 atom stereocenters. The highest BCUT2D eigenvalue weighted by Gasteiger charge is 2.09. The summed E-state index contributed by atoms with van der Waals surface area (Å²) in [5.74, 6) is 0.837. The summed E-state index contributed by atoms with van der Waals surface area (Å²) < 4.78 is 7.25. The number of aromatic nitrogens is 2. The van der Waals surface area contributed by atoms with Gasteiger partial charge in [0.2, 0.25) is 0 Å². The second-order valence-corrected chi connectivity index (χ2v) is 6.59. The fraction of sp³-hybridized carbons (Fsp3) is 0.150. The Morgan fingerprint density at radius 3 is 2.85 bits per heavy atom. The van der Waals surface area contributed by atoms with E-state index in [0.29, 0.717) is 0 Å². The normalized spacial score (nSPS) is 11.5. The standard InChI is InChI=1S/C20H20N4O2S/c1-24-17-11-5-4-10-16(17)22-20(24)27-14-19(25)23-21-13-7-9-15-8-3-6-12-18(15)26-2/h3-13H,14H2,1-2H3,(H,23,25)/b9-7+,21-13-. The Morgan fingerprint density at radius 2 is 2.04 bits per heavy atom. The largest absolute Gasteiger partial charge is 0.496 e. The SMILES string of the molecule is COc1ccccc1/C=C/C=N\NC(=O)CSc1nc2ccccc2n1C. The van der Waals surface area contributed by atoms with Crippen molar-refractivity contribution in [2.45, 2.75) is 5.16 Å². The molecule has 6 nitrogen and oxygen atoms in total. The number of allylic oxidation sites excluding steroid dienone is 1. The quantitative estimate of drug-likeness (QED) is 0.387. The molecular weight excluding hydrogens is 360 g/mol. The van der Waals surface area contributed by atoms with Gasteiger partial charge in [-0.15, -0.1) is 0 Å². The zero-order valence-electron chi connectivity index (χ0n) is 15.1. The third-order valence-electron chi connectivity index (χ3n) is 3.84. The lowest BCUT2D eigenvalue weighted by atomic mass is 10.2. The van der Waals surface area contributed by atoms with Crippen LogP contribution in [-0.2, 0) is 11.8 Å². The Bertz CT molecular complexity index is 995. The summed E-state index contributed by atoms with van der Waals surface area (Å²) in [5, 5.41) is 4.72. The van der Waals surface area contributed by atoms with Crippen LogP contribution in [0.4, 0.5) is 0 Å². The Hall–Kier alpha value is -3.06. The second-order valence-electron chi connectivity index (χ2n) is 5.65. The van der Waals surface area contributed by atoms with E-state index in [0.717, 1.165) is 27.5 Å². The Morgan fingerprint density at radius 1 is 1.26 bits per heavy atom. The number of hydrogen-bond acceptors (Lipinski definition) is 5. The maximum Gasteiger partial charge on any atom is 0.250 e. The van der Waals surface area contributed by atoms with E-state index < -0.39 is 0 Å². The van der Waals surface area contributed by atoms with Gasteiger partial charge in [-0.3, -0.25) is 4.79 Å². The van der Waals surface area contributed by atoms with Crippen LogP contribution >= 0.6 is 11.8 Å². The van der Waals surface area contributed by atoms with E-state index in [4.69, 9.17) is 4.74 Å². The van der Waals surface area contributed by atoms with Crippen molar-refractivity contribution < 1.29 is 9.53 Å². The first kappa shape index (κ1) is 18.7. The first-order chi connectivity index (χ1) is 13.2. The predicted molar refractivity (Wildman–Crippen MR) is 110 cm³/mol. The van der Waals surface area contributed by atoms with E-state index in [1.165, 1.54) is 18.0 Å². The molecule has 0 fully saturated rings. The lowest BCUT2D eigenvalue weighted by Crippen LogP contribution is -2.19. The van der Waals surface area contributed by atoms with Crippen LogP contribution in [0.5, 0.6) is 5.75 Å². The van der Waals surface area contributed by atoms with Crippen LogP contribution in [-0.4, -0.2) is 34.5 Å². The van der Waals surface area contributed by atoms with Gasteiger partial charge >= 0.3 is 0 Å². The van der Waals surface area contributed by atoms with Gasteiger partial charge in [-0.2, -0.15) is 5.10 Å². The summed E-state index contributed by atoms with van der Waals surface area (Å²) in [6.07, 6.45) is 5.14. The van der Waals surface area contributed by atoms with Crippen molar-refractivity contribution >= 4 is 41.0 Å². The van der Waals surface area contributed by atoms with Crippen molar-refractivity contribution in [2.24, 2.45) is 12.1 Å². The number of imidazole rings is 1. The van der Waals surface area contributed by atoms with Crippen LogP contribution in [0.2, 0.25) is 0 Å². The van der Waals surface area contributed by atoms with Crippen molar-refractivity contribution in [3.8, 4) is 5.75 Å². The molecule has 1 heterocycles. The zero-order chi connectivity index (χ0) is 19.1. The first-order valence-corrected chi connectivity index (χ1v) is 9.33. The number of rotatable bonds is 7. The maximum atomic E-state index is 11.9. The second kappa shape index (κ2) is 9.05. The van der Waals surface area contributed by atoms with Gasteiger partial charge < -0.3 is 9.30 Å². The van der Waals surface area contributed by atoms with Gasteiger partial charge in [0, 0.05) is 18.8 Å². The molecular formula is C20H20N4O2S. The minimum absolute atomic E-state index is 0.186. The number of nitrogens with one attached hydrogen (secondary N) is 1. The fourth-order valence-corrected chi connectivity index (χ4v) is 3.30. The molecule has 1 amide bonds. The number of hydrogen-bond donors (Lipinski definition) is 1. The Labute approximate surface area is 161 Å². The van der Waals surface area contributed by atoms with Gasteiger partial charge in [-0.1, -0.05) is 42.1 Å². The molecule has 1 N–H and O–H groups in total. The van der Waals surface area contributed by atoms with Gasteiger partial charge in [0.1, 0.15) is 5.75 Å². The molecule has 0 aliphatic heterocycles. The predicted octanol–water partition coefficient (Wildman–Crippen LogP) is 3.49. The van der Waals surface area contributed by atoms with Gasteiger partial charge in [0.25, 0.3) is 5.91 Å². The van der Waals surface area contributed by atoms with E-state index in [9.17, 15) is 4.79 Å². The number of amides is 1. The summed E-state index contributed by atoms with van der Waals surface area (Å²) in [4.78, 5) is 16.5. The minimum Gasteiger partial charge on any atom is -0.496 e. The molecule has 0 unspecified atom stereocenters. The van der Waals surface area contributed by atoms with Crippen molar-refractivity contribution in [3.63, 3.8) is 0 Å². The van der Waals surface area contributed by atoms with Crippen molar-refractivity contribution in [1.82, 2.24) is 15.0 Å². The summed E-state index contributed by atoms with van der Waals surface area (Å²) in [5.41, 5.74) is 5.41. The van der Waals surface area contributed by atoms with E-state index in [2.05, 4.69) is 15.5 Å². The number of para-hydroxylation sites is 3. The average molecular weight is 380 g/mol. The smallest absolute Gasteiger partial charge is 0.250 e. The highest BCUT2D eigenvalue weighted by Crippen LogP contribution is 2.22. The average Bonchev–Trinajstić information content (AvgIpc) is 3.02. The van der Waals surface area contributed by atoms with E-state index in [1.807, 2.05) is 66.2 Å². The summed E-state index contributed by atoms with van der Waals surface area (Å²) in [6.45, 7) is 0. The van der Waals surface area contributed by atoms with Gasteiger partial charge in [-0.05, 0) is 30.4 Å². The number of aryl methyl sites for hydroxylation is 1. The van der Waals surface area contributed by atoms with Crippen LogP contribution in [0.15, 0.2) is 64.9 Å². The zero-order valence-corrected chi connectivity index (χ0v) is 15.9. The van der Waals surface area contributed by atoms with Gasteiger partial charge in [0.05, 0.1) is 23.9 Å². The molecule has 3 aromatic rings. The number of hydrazone groups is 1. The topological polar surface area (TPSA) is 68.5 Å². The number of nitrogens with zero attached hydrogens (tertiary/aromatic N) is 3. The lowest BCUT2D eigenvalue weighted by molar-refractivity contribution is -0.118. The van der Waals surface area contributed by atoms with Crippen LogP contribution in [0.25, 0.3) is 17.1 Å².